The van der Waals surface area contributed by atoms with Crippen LogP contribution in [-0.2, 0) is 0 Å². The monoisotopic (exact) mass is 378 g/mol. The van der Waals surface area contributed by atoms with E-state index in [1.54, 1.807) is 37.3 Å². The summed E-state index contributed by atoms with van der Waals surface area (Å²) in [5.41, 5.74) is 2.06. The van der Waals surface area contributed by atoms with Crippen LogP contribution in [0, 0.1) is 0 Å². The minimum atomic E-state index is -0.154. The fraction of sp³-hybridized carbons (Fsp3) is 0.286. The molecule has 0 aliphatic carbocycles. The van der Waals surface area contributed by atoms with Gasteiger partial charge in [0.05, 0.1) is 25.3 Å². The van der Waals surface area contributed by atoms with E-state index in [2.05, 4.69) is 0 Å². The second-order valence-electron chi connectivity index (χ2n) is 6.69. The van der Waals surface area contributed by atoms with Crippen molar-refractivity contribution in [3.8, 4) is 11.5 Å². The van der Waals surface area contributed by atoms with E-state index in [1.165, 1.54) is 0 Å². The van der Waals surface area contributed by atoms with Crippen LogP contribution in [-0.4, -0.2) is 50.2 Å². The Morgan fingerprint density at radius 1 is 0.929 bits per heavy atom. The summed E-state index contributed by atoms with van der Waals surface area (Å²) in [5.74, 6) is 2.27. The zero-order valence-corrected chi connectivity index (χ0v) is 16.2. The number of carbonyl (C=O) groups is 1. The highest BCUT2D eigenvalue weighted by atomic mass is 16.5. The molecule has 1 aliphatic rings. The van der Waals surface area contributed by atoms with Gasteiger partial charge in [-0.25, -0.2) is 9.97 Å². The molecule has 2 heterocycles. The van der Waals surface area contributed by atoms with Crippen LogP contribution in [0.2, 0.25) is 0 Å². The molecule has 0 unspecified atom stereocenters. The van der Waals surface area contributed by atoms with Crippen molar-refractivity contribution in [2.75, 3.05) is 44.2 Å². The zero-order valence-electron chi connectivity index (χ0n) is 16.2. The van der Waals surface area contributed by atoms with Crippen molar-refractivity contribution in [1.29, 1.82) is 0 Å². The van der Waals surface area contributed by atoms with Gasteiger partial charge in [-0.1, -0.05) is 12.1 Å². The molecule has 0 spiro atoms. The molecule has 0 radical (unpaired) electrons. The summed E-state index contributed by atoms with van der Waals surface area (Å²) in [6.45, 7) is 1.36. The molecule has 2 aromatic carbocycles. The largest absolute Gasteiger partial charge is 0.497 e. The zero-order chi connectivity index (χ0) is 19.7. The maximum Gasteiger partial charge on any atom is 0.259 e. The minimum Gasteiger partial charge on any atom is -0.497 e. The third-order valence-corrected chi connectivity index (χ3v) is 4.87. The first kappa shape index (κ1) is 18.0. The van der Waals surface area contributed by atoms with Crippen LogP contribution in [0.15, 0.2) is 42.5 Å². The predicted octanol–water partition coefficient (Wildman–Crippen LogP) is 3.13. The van der Waals surface area contributed by atoms with Gasteiger partial charge in [-0.2, -0.15) is 0 Å². The summed E-state index contributed by atoms with van der Waals surface area (Å²) in [4.78, 5) is 26.7. The van der Waals surface area contributed by atoms with Crippen molar-refractivity contribution in [3.05, 3.63) is 48.0 Å². The predicted molar refractivity (Wildman–Crippen MR) is 109 cm³/mol. The maximum atomic E-state index is 13.4. The number of methoxy groups -OCH3 is 2. The fourth-order valence-corrected chi connectivity index (χ4v) is 3.38. The van der Waals surface area contributed by atoms with Gasteiger partial charge in [0.25, 0.3) is 5.91 Å². The number of aromatic nitrogens is 2. The van der Waals surface area contributed by atoms with E-state index >= 15 is 0 Å². The Kier molecular flexibility index (Phi) is 4.73. The highest BCUT2D eigenvalue weighted by Gasteiger charge is 2.28. The first-order valence-electron chi connectivity index (χ1n) is 9.13. The smallest absolute Gasteiger partial charge is 0.259 e. The average molecular weight is 378 g/mol. The molecule has 28 heavy (non-hydrogen) atoms. The lowest BCUT2D eigenvalue weighted by atomic mass is 10.1. The maximum absolute atomic E-state index is 13.4. The number of nitrogens with zero attached hydrogens (tertiary/aromatic N) is 4. The summed E-state index contributed by atoms with van der Waals surface area (Å²) in [5, 5.41) is 0. The highest BCUT2D eigenvalue weighted by Crippen LogP contribution is 2.32. The first-order valence-corrected chi connectivity index (χ1v) is 9.13. The Labute approximate surface area is 163 Å². The third kappa shape index (κ3) is 3.19. The molecule has 1 aromatic heterocycles. The molecule has 0 atom stereocenters. The molecule has 0 fully saturated rings. The number of benzene rings is 2. The molecular weight excluding hydrogens is 356 g/mol. The molecule has 7 heteroatoms. The molecule has 0 saturated heterocycles. The number of carbonyl (C=O) groups excluding carboxylic acids is 1. The molecule has 3 aromatic rings. The molecule has 0 saturated carbocycles. The lowest BCUT2D eigenvalue weighted by Gasteiger charge is -2.23. The van der Waals surface area contributed by atoms with Crippen molar-refractivity contribution in [3.63, 3.8) is 0 Å². The van der Waals surface area contributed by atoms with Gasteiger partial charge in [-0.15, -0.1) is 0 Å². The van der Waals surface area contributed by atoms with Crippen molar-refractivity contribution >= 4 is 28.6 Å². The van der Waals surface area contributed by atoms with Crippen LogP contribution in [0.25, 0.3) is 11.0 Å². The minimum absolute atomic E-state index is 0.154. The van der Waals surface area contributed by atoms with Crippen LogP contribution < -0.4 is 19.3 Å². The Morgan fingerprint density at radius 3 is 2.14 bits per heavy atom. The number of amides is 1. The number of hydrogen-bond donors (Lipinski definition) is 0. The summed E-state index contributed by atoms with van der Waals surface area (Å²) in [7, 11) is 5.11. The van der Waals surface area contributed by atoms with Crippen LogP contribution in [0.3, 0.4) is 0 Å². The van der Waals surface area contributed by atoms with Gasteiger partial charge in [0, 0.05) is 31.8 Å². The lowest BCUT2D eigenvalue weighted by molar-refractivity contribution is 0.0986. The number of hydrogen-bond acceptors (Lipinski definition) is 6. The van der Waals surface area contributed by atoms with Gasteiger partial charge < -0.3 is 14.4 Å². The molecule has 0 bridgehead atoms. The average Bonchev–Trinajstić information content (AvgIpc) is 2.89. The SMILES string of the molecule is COc1cc(OC)cc(C(=O)N2CCCN(C)c3nc4ccccc4nc32)c1. The van der Waals surface area contributed by atoms with E-state index in [9.17, 15) is 4.79 Å². The number of rotatable bonds is 3. The van der Waals surface area contributed by atoms with E-state index < -0.39 is 0 Å². The van der Waals surface area contributed by atoms with Crippen LogP contribution in [0.1, 0.15) is 16.8 Å². The second-order valence-corrected chi connectivity index (χ2v) is 6.69. The molecule has 7 nitrogen and oxygen atoms in total. The number of fused-ring (bicyclic) bond motifs is 2. The molecule has 1 aliphatic heterocycles. The first-order chi connectivity index (χ1) is 13.6. The van der Waals surface area contributed by atoms with Crippen molar-refractivity contribution in [2.45, 2.75) is 6.42 Å². The molecule has 1 amide bonds. The van der Waals surface area contributed by atoms with Gasteiger partial charge in [0.1, 0.15) is 11.5 Å². The molecule has 4 rings (SSSR count). The van der Waals surface area contributed by atoms with Crippen molar-refractivity contribution in [2.24, 2.45) is 0 Å². The van der Waals surface area contributed by atoms with E-state index in [0.29, 0.717) is 35.2 Å². The van der Waals surface area contributed by atoms with Crippen molar-refractivity contribution < 1.29 is 14.3 Å². The summed E-state index contributed by atoms with van der Waals surface area (Å²) in [6, 6.07) is 12.9. The van der Waals surface area contributed by atoms with Gasteiger partial charge in [-0.3, -0.25) is 9.69 Å². The second kappa shape index (κ2) is 7.34. The van der Waals surface area contributed by atoms with Crippen LogP contribution in [0.4, 0.5) is 11.6 Å². The number of ether oxygens (including phenoxy) is 2. The highest BCUT2D eigenvalue weighted by molar-refractivity contribution is 6.08. The van der Waals surface area contributed by atoms with Gasteiger partial charge in [0.15, 0.2) is 11.6 Å². The normalized spacial score (nSPS) is 13.8. The summed E-state index contributed by atoms with van der Waals surface area (Å²) < 4.78 is 10.6. The van der Waals surface area contributed by atoms with Crippen LogP contribution >= 0.6 is 0 Å². The van der Waals surface area contributed by atoms with Gasteiger partial charge >= 0.3 is 0 Å². The van der Waals surface area contributed by atoms with E-state index in [0.717, 1.165) is 24.0 Å². The Hall–Kier alpha value is -3.35. The van der Waals surface area contributed by atoms with Crippen molar-refractivity contribution in [1.82, 2.24) is 9.97 Å². The Morgan fingerprint density at radius 2 is 1.54 bits per heavy atom. The topological polar surface area (TPSA) is 67.8 Å². The fourth-order valence-electron chi connectivity index (χ4n) is 3.38. The lowest BCUT2D eigenvalue weighted by Crippen LogP contribution is -2.32. The van der Waals surface area contributed by atoms with E-state index in [-0.39, 0.29) is 5.91 Å². The molecule has 144 valence electrons. The van der Waals surface area contributed by atoms with Gasteiger partial charge in [-0.05, 0) is 30.7 Å². The third-order valence-electron chi connectivity index (χ3n) is 4.87. The molecular formula is C21H22N4O3. The van der Waals surface area contributed by atoms with E-state index in [4.69, 9.17) is 19.4 Å². The standard InChI is InChI=1S/C21H22N4O3/c1-24-9-6-10-25(20-19(24)22-17-7-4-5-8-18(17)23-20)21(26)14-11-15(27-2)13-16(12-14)28-3/h4-5,7-8,11-13H,6,9-10H2,1-3H3. The number of para-hydroxylation sites is 2. The van der Waals surface area contributed by atoms with E-state index in [1.807, 2.05) is 36.2 Å². The van der Waals surface area contributed by atoms with Gasteiger partial charge in [0.2, 0.25) is 0 Å². The summed E-state index contributed by atoms with van der Waals surface area (Å²) >= 11 is 0. The Bertz CT molecular complexity index is 1020. The molecule has 0 N–H and O–H groups in total. The summed E-state index contributed by atoms with van der Waals surface area (Å²) in [6.07, 6.45) is 0.817. The number of anilines is 2. The quantitative estimate of drug-likeness (QED) is 0.698. The Balaban J connectivity index is 1.83. The van der Waals surface area contributed by atoms with Crippen LogP contribution in [0.5, 0.6) is 11.5 Å².